The number of nitrogens with one attached hydrogen (secondary N) is 1. The zero-order chi connectivity index (χ0) is 19.0. The number of rotatable bonds is 3. The first kappa shape index (κ1) is 18.3. The molecule has 2 aromatic rings. The maximum absolute atomic E-state index is 13.3. The minimum atomic E-state index is 0.181. The van der Waals surface area contributed by atoms with Gasteiger partial charge in [-0.2, -0.15) is 0 Å². The Morgan fingerprint density at radius 1 is 1.07 bits per heavy atom. The molecule has 27 heavy (non-hydrogen) atoms. The standard InChI is InChI=1S/C22H30N4O/c1-16-6-4-5-7-21(16)26-17(2)14-20(18(26)3)22(27)25-11-8-19(15-25)24-12-9-23-10-13-24/h4-7,14,19,23H,8-13,15H2,1-3H3. The van der Waals surface area contributed by atoms with E-state index in [4.69, 9.17) is 0 Å². The van der Waals surface area contributed by atoms with Crippen LogP contribution in [0.15, 0.2) is 30.3 Å². The molecule has 1 aromatic carbocycles. The Balaban J connectivity index is 1.55. The topological polar surface area (TPSA) is 40.5 Å². The predicted octanol–water partition coefficient (Wildman–Crippen LogP) is 2.52. The van der Waals surface area contributed by atoms with Crippen molar-refractivity contribution in [2.24, 2.45) is 0 Å². The van der Waals surface area contributed by atoms with E-state index in [0.717, 1.165) is 68.3 Å². The number of aryl methyl sites for hydroxylation is 2. The first-order valence-electron chi connectivity index (χ1n) is 10.0. The van der Waals surface area contributed by atoms with E-state index in [0.29, 0.717) is 6.04 Å². The number of para-hydroxylation sites is 1. The second-order valence-electron chi connectivity index (χ2n) is 7.89. The maximum atomic E-state index is 13.3. The fraction of sp³-hybridized carbons (Fsp3) is 0.500. The van der Waals surface area contributed by atoms with Gasteiger partial charge in [-0.05, 0) is 44.9 Å². The molecule has 2 aliphatic rings. The summed E-state index contributed by atoms with van der Waals surface area (Å²) in [5.41, 5.74) is 5.38. The van der Waals surface area contributed by atoms with Gasteiger partial charge in [-0.3, -0.25) is 9.69 Å². The molecule has 0 bridgehead atoms. The molecule has 3 heterocycles. The van der Waals surface area contributed by atoms with Gasteiger partial charge in [0.15, 0.2) is 0 Å². The van der Waals surface area contributed by atoms with Gasteiger partial charge in [0.05, 0.1) is 5.56 Å². The van der Waals surface area contributed by atoms with Crippen LogP contribution in [-0.2, 0) is 0 Å². The number of benzene rings is 1. The van der Waals surface area contributed by atoms with Crippen LogP contribution in [-0.4, -0.2) is 65.6 Å². The number of carbonyl (C=O) groups excluding carboxylic acids is 1. The van der Waals surface area contributed by atoms with Crippen molar-refractivity contribution >= 4 is 5.91 Å². The summed E-state index contributed by atoms with van der Waals surface area (Å²) in [6, 6.07) is 10.9. The maximum Gasteiger partial charge on any atom is 0.255 e. The minimum absolute atomic E-state index is 0.181. The van der Waals surface area contributed by atoms with Crippen LogP contribution in [0.1, 0.15) is 33.7 Å². The highest BCUT2D eigenvalue weighted by molar-refractivity contribution is 5.96. The molecule has 1 unspecified atom stereocenters. The van der Waals surface area contributed by atoms with Gasteiger partial charge in [-0.15, -0.1) is 0 Å². The lowest BCUT2D eigenvalue weighted by Gasteiger charge is -2.32. The summed E-state index contributed by atoms with van der Waals surface area (Å²) in [6.07, 6.45) is 1.09. The molecule has 2 aliphatic heterocycles. The van der Waals surface area contributed by atoms with Crippen LogP contribution in [0.2, 0.25) is 0 Å². The predicted molar refractivity (Wildman–Crippen MR) is 109 cm³/mol. The number of hydrogen-bond donors (Lipinski definition) is 1. The average Bonchev–Trinajstić information content (AvgIpc) is 3.28. The number of amides is 1. The largest absolute Gasteiger partial charge is 0.337 e. The smallest absolute Gasteiger partial charge is 0.255 e. The van der Waals surface area contributed by atoms with Crippen LogP contribution >= 0.6 is 0 Å². The van der Waals surface area contributed by atoms with Crippen LogP contribution in [0.4, 0.5) is 0 Å². The van der Waals surface area contributed by atoms with E-state index in [1.54, 1.807) is 0 Å². The fourth-order valence-electron chi connectivity index (χ4n) is 4.61. The van der Waals surface area contributed by atoms with Gasteiger partial charge in [0.25, 0.3) is 5.91 Å². The molecule has 144 valence electrons. The Morgan fingerprint density at radius 2 is 1.81 bits per heavy atom. The van der Waals surface area contributed by atoms with E-state index >= 15 is 0 Å². The van der Waals surface area contributed by atoms with Crippen molar-refractivity contribution in [1.29, 1.82) is 0 Å². The van der Waals surface area contributed by atoms with Gasteiger partial charge >= 0.3 is 0 Å². The Kier molecular flexibility index (Phi) is 5.06. The van der Waals surface area contributed by atoms with E-state index in [1.807, 2.05) is 0 Å². The molecular weight excluding hydrogens is 336 g/mol. The minimum Gasteiger partial charge on any atom is -0.337 e. The fourth-order valence-corrected chi connectivity index (χ4v) is 4.61. The number of aromatic nitrogens is 1. The Morgan fingerprint density at radius 3 is 2.56 bits per heavy atom. The zero-order valence-electron chi connectivity index (χ0n) is 16.7. The molecule has 0 saturated carbocycles. The van der Waals surface area contributed by atoms with Crippen LogP contribution < -0.4 is 5.32 Å². The lowest BCUT2D eigenvalue weighted by Crippen LogP contribution is -2.49. The lowest BCUT2D eigenvalue weighted by atomic mass is 10.2. The molecule has 0 aliphatic carbocycles. The van der Waals surface area contributed by atoms with E-state index in [-0.39, 0.29) is 5.91 Å². The molecule has 1 aromatic heterocycles. The van der Waals surface area contributed by atoms with Crippen molar-refractivity contribution in [3.05, 3.63) is 52.8 Å². The molecule has 0 radical (unpaired) electrons. The van der Waals surface area contributed by atoms with Crippen molar-refractivity contribution in [2.45, 2.75) is 33.2 Å². The monoisotopic (exact) mass is 366 g/mol. The quantitative estimate of drug-likeness (QED) is 0.907. The van der Waals surface area contributed by atoms with Crippen LogP contribution in [0.3, 0.4) is 0 Å². The van der Waals surface area contributed by atoms with Gasteiger partial charge in [0, 0.05) is 62.4 Å². The van der Waals surface area contributed by atoms with Crippen molar-refractivity contribution < 1.29 is 4.79 Å². The molecule has 5 heteroatoms. The Labute approximate surface area is 162 Å². The summed E-state index contributed by atoms with van der Waals surface area (Å²) < 4.78 is 2.21. The third-order valence-corrected chi connectivity index (χ3v) is 6.14. The highest BCUT2D eigenvalue weighted by Crippen LogP contribution is 2.26. The summed E-state index contributed by atoms with van der Waals surface area (Å²) in [5, 5.41) is 3.41. The molecule has 0 spiro atoms. The van der Waals surface area contributed by atoms with Crippen molar-refractivity contribution in [3.63, 3.8) is 0 Å². The number of nitrogens with zero attached hydrogens (tertiary/aromatic N) is 3. The summed E-state index contributed by atoms with van der Waals surface area (Å²) >= 11 is 0. The number of carbonyl (C=O) groups is 1. The number of piperazine rings is 1. The highest BCUT2D eigenvalue weighted by Gasteiger charge is 2.32. The third-order valence-electron chi connectivity index (χ3n) is 6.14. The van der Waals surface area contributed by atoms with E-state index in [1.165, 1.54) is 5.56 Å². The molecule has 4 rings (SSSR count). The molecule has 1 N–H and O–H groups in total. The van der Waals surface area contributed by atoms with E-state index in [2.05, 4.69) is 70.8 Å². The first-order valence-corrected chi connectivity index (χ1v) is 10.0. The van der Waals surface area contributed by atoms with Gasteiger partial charge < -0.3 is 14.8 Å². The Hall–Kier alpha value is -2.11. The van der Waals surface area contributed by atoms with Crippen LogP contribution in [0, 0.1) is 20.8 Å². The second kappa shape index (κ2) is 7.49. The summed E-state index contributed by atoms with van der Waals surface area (Å²) in [6.45, 7) is 12.3. The number of likely N-dealkylation sites (tertiary alicyclic amines) is 1. The molecule has 1 amide bonds. The molecule has 1 atom stereocenters. The lowest BCUT2D eigenvalue weighted by molar-refractivity contribution is 0.0773. The zero-order valence-corrected chi connectivity index (χ0v) is 16.7. The summed E-state index contributed by atoms with van der Waals surface area (Å²) in [5.74, 6) is 0.181. The summed E-state index contributed by atoms with van der Waals surface area (Å²) in [4.78, 5) is 17.9. The molecule has 5 nitrogen and oxygen atoms in total. The first-order chi connectivity index (χ1) is 13.1. The van der Waals surface area contributed by atoms with Crippen LogP contribution in [0.25, 0.3) is 5.69 Å². The van der Waals surface area contributed by atoms with Gasteiger partial charge in [-0.25, -0.2) is 0 Å². The van der Waals surface area contributed by atoms with Crippen molar-refractivity contribution in [3.8, 4) is 5.69 Å². The second-order valence-corrected chi connectivity index (χ2v) is 7.89. The average molecular weight is 367 g/mol. The highest BCUT2D eigenvalue weighted by atomic mass is 16.2. The molecule has 2 saturated heterocycles. The molecular formula is C22H30N4O. The van der Waals surface area contributed by atoms with Crippen molar-refractivity contribution in [1.82, 2.24) is 19.7 Å². The van der Waals surface area contributed by atoms with E-state index < -0.39 is 0 Å². The van der Waals surface area contributed by atoms with Gasteiger partial charge in [0.1, 0.15) is 0 Å². The van der Waals surface area contributed by atoms with Gasteiger partial charge in [0.2, 0.25) is 0 Å². The van der Waals surface area contributed by atoms with E-state index in [9.17, 15) is 4.79 Å². The molecule has 2 fully saturated rings. The normalized spacial score (nSPS) is 21.0. The van der Waals surface area contributed by atoms with Crippen molar-refractivity contribution in [2.75, 3.05) is 39.3 Å². The van der Waals surface area contributed by atoms with Crippen LogP contribution in [0.5, 0.6) is 0 Å². The number of hydrogen-bond acceptors (Lipinski definition) is 3. The third kappa shape index (κ3) is 3.42. The Bertz CT molecular complexity index is 835. The SMILES string of the molecule is Cc1ccccc1-n1c(C)cc(C(=O)N2CCC(N3CCNCC3)C2)c1C. The van der Waals surface area contributed by atoms with Gasteiger partial charge in [-0.1, -0.05) is 18.2 Å². The summed E-state index contributed by atoms with van der Waals surface area (Å²) in [7, 11) is 0.